The van der Waals surface area contributed by atoms with Gasteiger partial charge in [0.2, 0.25) is 6.79 Å². The minimum atomic E-state index is -2.04. The van der Waals surface area contributed by atoms with Crippen LogP contribution in [0.2, 0.25) is 0 Å². The molecule has 4 N–H and O–H groups in total. The van der Waals surface area contributed by atoms with E-state index in [4.69, 9.17) is 18.9 Å². The molecule has 0 unspecified atom stereocenters. The first-order valence-electron chi connectivity index (χ1n) is 17.6. The van der Waals surface area contributed by atoms with Gasteiger partial charge in [-0.2, -0.15) is 0 Å². The molecule has 0 spiro atoms. The van der Waals surface area contributed by atoms with Crippen molar-refractivity contribution in [3.8, 4) is 11.5 Å². The monoisotopic (exact) mass is 731 g/mol. The zero-order valence-corrected chi connectivity index (χ0v) is 30.0. The number of hydrogen-bond donors (Lipinski definition) is 4. The van der Waals surface area contributed by atoms with E-state index in [9.17, 15) is 29.7 Å². The number of fused-ring (bicyclic) bond motifs is 5. The Balaban J connectivity index is 1.30. The Morgan fingerprint density at radius 3 is 2.13 bits per heavy atom. The quantitative estimate of drug-likeness (QED) is 0.162. The molecule has 4 aromatic carbocycles. The molecule has 11 heteroatoms. The third-order valence-electron chi connectivity index (χ3n) is 10.9. The van der Waals surface area contributed by atoms with Crippen LogP contribution in [0.15, 0.2) is 126 Å². The summed E-state index contributed by atoms with van der Waals surface area (Å²) >= 11 is 0. The largest absolute Gasteiger partial charge is 0.456 e. The highest BCUT2D eigenvalue weighted by molar-refractivity contribution is 5.95. The Morgan fingerprint density at radius 1 is 0.870 bits per heavy atom. The maximum atomic E-state index is 14.0. The molecule has 54 heavy (non-hydrogen) atoms. The summed E-state index contributed by atoms with van der Waals surface area (Å²) in [6, 6.07) is 27.2. The topological polar surface area (TPSA) is 161 Å². The third-order valence-corrected chi connectivity index (χ3v) is 10.9. The van der Waals surface area contributed by atoms with Crippen LogP contribution in [0.4, 0.5) is 0 Å². The average Bonchev–Trinajstić information content (AvgIpc) is 3.67. The smallest absolute Gasteiger partial charge is 0.338 e. The van der Waals surface area contributed by atoms with E-state index >= 15 is 0 Å². The van der Waals surface area contributed by atoms with E-state index in [1.807, 2.05) is 0 Å². The van der Waals surface area contributed by atoms with Crippen LogP contribution in [0.3, 0.4) is 0 Å². The van der Waals surface area contributed by atoms with Gasteiger partial charge in [-0.3, -0.25) is 4.79 Å². The summed E-state index contributed by atoms with van der Waals surface area (Å²) in [6.07, 6.45) is -6.26. The zero-order valence-electron chi connectivity index (χ0n) is 30.0. The summed E-state index contributed by atoms with van der Waals surface area (Å²) in [5.41, 5.74) is -0.755. The van der Waals surface area contributed by atoms with E-state index in [0.717, 1.165) is 0 Å². The van der Waals surface area contributed by atoms with Crippen molar-refractivity contribution in [2.75, 3.05) is 6.79 Å². The van der Waals surface area contributed by atoms with Gasteiger partial charge in [0.1, 0.15) is 17.8 Å². The summed E-state index contributed by atoms with van der Waals surface area (Å²) in [4.78, 5) is 41.2. The van der Waals surface area contributed by atoms with Gasteiger partial charge in [0.15, 0.2) is 23.7 Å². The molecule has 0 saturated heterocycles. The molecule has 0 radical (unpaired) electrons. The normalized spacial score (nSPS) is 23.6. The van der Waals surface area contributed by atoms with Crippen LogP contribution in [0.5, 0.6) is 11.5 Å². The maximum absolute atomic E-state index is 14.0. The maximum Gasteiger partial charge on any atom is 0.338 e. The second kappa shape index (κ2) is 14.2. The first-order chi connectivity index (χ1) is 25.8. The van der Waals surface area contributed by atoms with Crippen molar-refractivity contribution in [2.24, 2.45) is 5.41 Å². The van der Waals surface area contributed by atoms with Gasteiger partial charge < -0.3 is 39.6 Å². The molecule has 3 aliphatic rings. The fourth-order valence-corrected chi connectivity index (χ4v) is 7.93. The van der Waals surface area contributed by atoms with Crippen molar-refractivity contribution in [1.29, 1.82) is 0 Å². The lowest BCUT2D eigenvalue weighted by atomic mass is 9.55. The Labute approximate surface area is 312 Å². The Kier molecular flexibility index (Phi) is 9.65. The molecule has 0 fully saturated rings. The van der Waals surface area contributed by atoms with E-state index in [2.05, 4.69) is 11.9 Å². The van der Waals surface area contributed by atoms with Gasteiger partial charge >= 0.3 is 11.9 Å². The fourth-order valence-electron chi connectivity index (χ4n) is 7.93. The molecule has 0 aromatic heterocycles. The average molecular weight is 732 g/mol. The zero-order chi connectivity index (χ0) is 38.4. The highest BCUT2D eigenvalue weighted by Gasteiger charge is 2.62. The molecular weight excluding hydrogens is 690 g/mol. The third kappa shape index (κ3) is 6.23. The number of ether oxygens (including phenoxy) is 4. The molecule has 1 aliphatic heterocycles. The second-order valence-corrected chi connectivity index (χ2v) is 14.3. The van der Waals surface area contributed by atoms with E-state index in [1.54, 1.807) is 124 Å². The van der Waals surface area contributed by atoms with Crippen molar-refractivity contribution in [2.45, 2.75) is 63.3 Å². The van der Waals surface area contributed by atoms with Gasteiger partial charge in [0.25, 0.3) is 5.91 Å². The van der Waals surface area contributed by atoms with Gasteiger partial charge in [-0.25, -0.2) is 9.59 Å². The number of carbonyl (C=O) groups excluding carboxylic acids is 3. The molecule has 278 valence electrons. The summed E-state index contributed by atoms with van der Waals surface area (Å²) in [6.45, 7) is 9.32. The lowest BCUT2D eigenvalue weighted by Gasteiger charge is -2.55. The van der Waals surface area contributed by atoms with Gasteiger partial charge in [-0.1, -0.05) is 93.2 Å². The number of aliphatic hydroxyl groups excluding tert-OH is 2. The van der Waals surface area contributed by atoms with Crippen molar-refractivity contribution < 1.29 is 48.7 Å². The first kappa shape index (κ1) is 36.6. The van der Waals surface area contributed by atoms with Gasteiger partial charge in [-0.15, -0.1) is 0 Å². The Hall–Kier alpha value is -5.75. The number of aliphatic hydroxyl groups is 3. The molecular formula is C43H41NO10. The van der Waals surface area contributed by atoms with Crippen LogP contribution in [-0.2, 0) is 14.3 Å². The fraction of sp³-hybridized carbons (Fsp3) is 0.279. The number of hydrogen-bond acceptors (Lipinski definition) is 10. The first-order valence-corrected chi connectivity index (χ1v) is 17.6. The number of carbonyl (C=O) groups is 3. The number of esters is 2. The molecule has 6 atom stereocenters. The molecule has 2 aliphatic carbocycles. The molecule has 4 aromatic rings. The molecule has 1 amide bonds. The van der Waals surface area contributed by atoms with Crippen molar-refractivity contribution in [1.82, 2.24) is 5.32 Å². The van der Waals surface area contributed by atoms with E-state index in [1.165, 1.54) is 0 Å². The van der Waals surface area contributed by atoms with E-state index in [-0.39, 0.29) is 35.7 Å². The summed E-state index contributed by atoms with van der Waals surface area (Å²) in [5, 5.41) is 39.6. The SMILES string of the molecule is C=C1C2=C(C)[C@@H](OC(=O)[C@H](O)[C@@H](NC(=O)c3ccccc3)c3ccccc3)C[C@@](O)([C@@H](OC(=O)c3ccccc3)c3c(ccc4c3OCO4)[C@@H]1O)C2(C)C. The highest BCUT2D eigenvalue weighted by atomic mass is 16.7. The van der Waals surface area contributed by atoms with Crippen molar-refractivity contribution in [3.05, 3.63) is 154 Å². The van der Waals surface area contributed by atoms with Crippen LogP contribution in [0.25, 0.3) is 0 Å². The summed E-state index contributed by atoms with van der Waals surface area (Å²) in [7, 11) is 0. The van der Waals surface area contributed by atoms with Crippen LogP contribution < -0.4 is 14.8 Å². The van der Waals surface area contributed by atoms with Crippen LogP contribution >= 0.6 is 0 Å². The Morgan fingerprint density at radius 2 is 1.48 bits per heavy atom. The van der Waals surface area contributed by atoms with Crippen LogP contribution in [0.1, 0.15) is 82.8 Å². The van der Waals surface area contributed by atoms with Crippen LogP contribution in [0, 0.1) is 5.41 Å². The standard InChI is InChI=1S/C43H41NO10/c1-24-31(53-41(49)36(46)34(26-14-8-5-9-15-26)44-39(47)27-16-10-6-11-17-27)22-43(50)38(54-40(48)28-18-12-7-13-19-28)32-29(20-21-30-37(32)52-23-51-30)35(45)25(2)33(24)42(43,3)4/h5-21,31,34-36,38,45-46,50H,2,22-23H2,1,3-4H3,(H,44,47)/t31-,34-,35+,36+,38-,43+/m0/s1. The second-order valence-electron chi connectivity index (χ2n) is 14.3. The van der Waals surface area contributed by atoms with Crippen molar-refractivity contribution in [3.63, 3.8) is 0 Å². The number of rotatable bonds is 8. The van der Waals surface area contributed by atoms with Crippen molar-refractivity contribution >= 4 is 17.8 Å². The van der Waals surface area contributed by atoms with Gasteiger partial charge in [-0.05, 0) is 65.1 Å². The molecule has 1 heterocycles. The van der Waals surface area contributed by atoms with E-state index in [0.29, 0.717) is 33.6 Å². The molecule has 0 saturated carbocycles. The minimum Gasteiger partial charge on any atom is -0.456 e. The van der Waals surface area contributed by atoms with E-state index < -0.39 is 59.3 Å². The Bertz CT molecular complexity index is 2130. The van der Waals surface area contributed by atoms with Gasteiger partial charge in [0.05, 0.1) is 11.6 Å². The predicted molar refractivity (Wildman–Crippen MR) is 196 cm³/mol. The summed E-state index contributed by atoms with van der Waals surface area (Å²) in [5.74, 6) is -1.84. The lowest BCUT2D eigenvalue weighted by Crippen LogP contribution is -2.58. The highest BCUT2D eigenvalue weighted by Crippen LogP contribution is 2.62. The minimum absolute atomic E-state index is 0.143. The number of nitrogens with one attached hydrogen (secondary N) is 1. The molecule has 7 rings (SSSR count). The molecule has 11 nitrogen and oxygen atoms in total. The van der Waals surface area contributed by atoms with Crippen LogP contribution in [-0.4, -0.2) is 57.8 Å². The lowest BCUT2D eigenvalue weighted by molar-refractivity contribution is -0.183. The number of benzene rings is 4. The predicted octanol–water partition coefficient (Wildman–Crippen LogP) is 5.84. The van der Waals surface area contributed by atoms with Gasteiger partial charge in [0, 0.05) is 23.0 Å². The molecule has 2 bridgehead atoms. The number of amides is 1. The summed E-state index contributed by atoms with van der Waals surface area (Å²) < 4.78 is 23.9.